The summed E-state index contributed by atoms with van der Waals surface area (Å²) in [5, 5.41) is 9.98. The molecule has 310 valence electrons. The lowest BCUT2D eigenvalue weighted by atomic mass is 10.1. The van der Waals surface area contributed by atoms with Crippen LogP contribution in [0, 0.1) is 13.8 Å². The quantitative estimate of drug-likeness (QED) is 0.0817. The van der Waals surface area contributed by atoms with Gasteiger partial charge in [-0.25, -0.2) is 15.0 Å². The van der Waals surface area contributed by atoms with Gasteiger partial charge in [-0.3, -0.25) is 9.89 Å². The molecule has 9 heteroatoms. The van der Waals surface area contributed by atoms with Crippen molar-refractivity contribution in [2.75, 3.05) is 37.1 Å². The molecule has 2 aliphatic rings. The van der Waals surface area contributed by atoms with Crippen molar-refractivity contribution >= 4 is 79.7 Å². The fourth-order valence-corrected chi connectivity index (χ4v) is 6.41. The van der Waals surface area contributed by atoms with Crippen molar-refractivity contribution in [1.29, 1.82) is 0 Å². The van der Waals surface area contributed by atoms with Crippen LogP contribution in [0.15, 0.2) is 214 Å². The number of benzene rings is 6. The van der Waals surface area contributed by atoms with E-state index in [0.29, 0.717) is 0 Å². The number of hydrogen-bond donors (Lipinski definition) is 4. The van der Waals surface area contributed by atoms with Crippen LogP contribution in [0.3, 0.4) is 0 Å². The van der Waals surface area contributed by atoms with Crippen LogP contribution in [-0.2, 0) is 0 Å². The number of nitrogens with one attached hydrogen (secondary N) is 4. The van der Waals surface area contributed by atoms with Crippen LogP contribution in [0.25, 0.3) is 0 Å². The van der Waals surface area contributed by atoms with E-state index in [9.17, 15) is 0 Å². The standard InChI is InChI=1S/C27H26N4.C26H24N4.HI/c1-20-4-16-26(17-5-20)31(3)27-18-14-25(15-19-27)30-24-12-10-23(11-13-24)29-22-8-6-21(28-2)7-9-22;1-19-3-5-21(6-4-19)28-23-11-13-25(14-12-23)30-26-17-15-24(16-18-26)29-22-9-7-20(27-2)8-10-22;/h4-19,30H,1-3H3;3-18,27,29H,1-2H3;1H. The predicted molar refractivity (Wildman–Crippen MR) is 262 cm³/mol. The van der Waals surface area contributed by atoms with Gasteiger partial charge in [-0.1, -0.05) is 35.4 Å². The molecule has 2 aliphatic carbocycles. The summed E-state index contributed by atoms with van der Waals surface area (Å²) >= 11 is 0. The third-order valence-electron chi connectivity index (χ3n) is 10.1. The van der Waals surface area contributed by atoms with Gasteiger partial charge in [0, 0.05) is 54.7 Å². The Hall–Kier alpha value is -6.95. The highest BCUT2D eigenvalue weighted by Gasteiger charge is 2.10. The fourth-order valence-electron chi connectivity index (χ4n) is 6.41. The Morgan fingerprint density at radius 2 is 0.645 bits per heavy atom. The van der Waals surface area contributed by atoms with Crippen molar-refractivity contribution < 1.29 is 28.9 Å². The van der Waals surface area contributed by atoms with E-state index in [0.717, 1.165) is 68.3 Å². The summed E-state index contributed by atoms with van der Waals surface area (Å²) in [5.41, 5.74) is 16.7. The lowest BCUT2D eigenvalue weighted by molar-refractivity contribution is -0.735. The smallest absolute Gasteiger partial charge is 0.136 e. The molecular formula is C53H51IN8. The molecule has 8 rings (SSSR count). The predicted octanol–water partition coefficient (Wildman–Crippen LogP) is 9.24. The first-order valence-corrected chi connectivity index (χ1v) is 20.3. The van der Waals surface area contributed by atoms with E-state index >= 15 is 0 Å². The maximum Gasteiger partial charge on any atom is 0.136 e. The van der Waals surface area contributed by atoms with E-state index in [1.165, 1.54) is 27.4 Å². The summed E-state index contributed by atoms with van der Waals surface area (Å²) in [6.45, 7) is 4.18. The van der Waals surface area contributed by atoms with Gasteiger partial charge in [0.25, 0.3) is 0 Å². The molecule has 0 aliphatic heterocycles. The summed E-state index contributed by atoms with van der Waals surface area (Å²) in [4.78, 5) is 19.4. The van der Waals surface area contributed by atoms with Crippen molar-refractivity contribution in [3.63, 3.8) is 0 Å². The summed E-state index contributed by atoms with van der Waals surface area (Å²) in [7, 11) is 5.87. The first-order valence-electron chi connectivity index (χ1n) is 20.3. The molecule has 0 amide bonds. The molecule has 0 radical (unpaired) electrons. The minimum atomic E-state index is 0. The molecule has 1 atom stereocenters. The van der Waals surface area contributed by atoms with E-state index in [1.54, 1.807) is 7.05 Å². The number of quaternary nitrogens is 1. The molecule has 0 heterocycles. The highest BCUT2D eigenvalue weighted by Crippen LogP contribution is 2.24. The van der Waals surface area contributed by atoms with Gasteiger partial charge >= 0.3 is 0 Å². The molecule has 62 heavy (non-hydrogen) atoms. The van der Waals surface area contributed by atoms with Gasteiger partial charge in [0.05, 0.1) is 47.0 Å². The molecule has 0 saturated carbocycles. The Bertz CT molecular complexity index is 2610. The van der Waals surface area contributed by atoms with E-state index in [1.807, 2.05) is 141 Å². The van der Waals surface area contributed by atoms with Crippen LogP contribution >= 0.6 is 0 Å². The van der Waals surface area contributed by atoms with Crippen LogP contribution in [0.2, 0.25) is 0 Å². The largest absolute Gasteiger partial charge is 1.00 e. The number of allylic oxidation sites excluding steroid dienone is 8. The zero-order valence-corrected chi connectivity index (χ0v) is 37.8. The number of nitrogens with zero attached hydrogens (tertiary/aromatic N) is 4. The Morgan fingerprint density at radius 1 is 0.371 bits per heavy atom. The first kappa shape index (κ1) is 44.6. The van der Waals surface area contributed by atoms with Crippen molar-refractivity contribution in [3.05, 3.63) is 205 Å². The first-order chi connectivity index (χ1) is 29.8. The SMILES string of the molecule is CN=C1C=CC(=Nc2ccc(Nc3ccc([NH+](C)c4ccc(C)cc4)cc3)cc2)C=C1.CNc1ccc(Nc2ccc(N=C3C=CC(=Nc4ccc(C)cc4)C=C3)cc2)cc1.[I-]. The summed E-state index contributed by atoms with van der Waals surface area (Å²) < 4.78 is 0. The average Bonchev–Trinajstić information content (AvgIpc) is 3.30. The van der Waals surface area contributed by atoms with Crippen molar-refractivity contribution in [1.82, 2.24) is 0 Å². The topological polar surface area (TPSA) is 90.0 Å². The second-order valence-electron chi connectivity index (χ2n) is 14.7. The van der Waals surface area contributed by atoms with Gasteiger partial charge in [-0.05, 0) is 172 Å². The van der Waals surface area contributed by atoms with Crippen molar-refractivity contribution in [2.24, 2.45) is 20.0 Å². The number of hydrogen-bond acceptors (Lipinski definition) is 7. The maximum atomic E-state index is 4.69. The Balaban J connectivity index is 0.000000204. The number of rotatable bonds is 10. The minimum absolute atomic E-state index is 0. The Morgan fingerprint density at radius 3 is 1.00 bits per heavy atom. The second kappa shape index (κ2) is 22.1. The molecule has 4 N–H and O–H groups in total. The molecule has 0 bridgehead atoms. The molecule has 0 aromatic heterocycles. The summed E-state index contributed by atoms with van der Waals surface area (Å²) in [6.07, 6.45) is 15.8. The summed E-state index contributed by atoms with van der Waals surface area (Å²) in [5.74, 6) is 0. The fraction of sp³-hybridized carbons (Fsp3) is 0.0943. The van der Waals surface area contributed by atoms with Gasteiger partial charge in [0.2, 0.25) is 0 Å². The minimum Gasteiger partial charge on any atom is -1.00 e. The number of anilines is 5. The van der Waals surface area contributed by atoms with Gasteiger partial charge in [-0.15, -0.1) is 0 Å². The van der Waals surface area contributed by atoms with Gasteiger partial charge in [0.1, 0.15) is 11.4 Å². The highest BCUT2D eigenvalue weighted by atomic mass is 127. The zero-order chi connectivity index (χ0) is 42.4. The van der Waals surface area contributed by atoms with Crippen LogP contribution < -0.4 is 44.8 Å². The third-order valence-corrected chi connectivity index (χ3v) is 10.1. The number of halogens is 1. The molecule has 0 saturated heterocycles. The van der Waals surface area contributed by atoms with Crippen LogP contribution in [0.4, 0.5) is 56.9 Å². The highest BCUT2D eigenvalue weighted by molar-refractivity contribution is 6.20. The maximum absolute atomic E-state index is 4.69. The number of aliphatic imine (C=N–C) groups is 4. The molecule has 6 aromatic carbocycles. The van der Waals surface area contributed by atoms with E-state index < -0.39 is 0 Å². The van der Waals surface area contributed by atoms with Crippen molar-refractivity contribution in [2.45, 2.75) is 13.8 Å². The van der Waals surface area contributed by atoms with Crippen LogP contribution in [-0.4, -0.2) is 44.0 Å². The molecule has 6 aromatic rings. The number of aryl methyl sites for hydroxylation is 2. The summed E-state index contributed by atoms with van der Waals surface area (Å²) in [6, 6.07) is 49.8. The van der Waals surface area contributed by atoms with Crippen molar-refractivity contribution in [3.8, 4) is 0 Å². The Labute approximate surface area is 382 Å². The van der Waals surface area contributed by atoms with Gasteiger partial charge < -0.3 is 39.9 Å². The third kappa shape index (κ3) is 13.0. The molecule has 0 fully saturated rings. The van der Waals surface area contributed by atoms with Crippen LogP contribution in [0.5, 0.6) is 0 Å². The van der Waals surface area contributed by atoms with E-state index in [4.69, 9.17) is 4.99 Å². The normalized spacial score (nSPS) is 13.0. The lowest BCUT2D eigenvalue weighted by Crippen LogP contribution is -3.00. The average molecular weight is 927 g/mol. The molecule has 0 spiro atoms. The molecule has 1 unspecified atom stereocenters. The van der Waals surface area contributed by atoms with Crippen LogP contribution in [0.1, 0.15) is 11.1 Å². The van der Waals surface area contributed by atoms with Gasteiger partial charge in [-0.2, -0.15) is 0 Å². The molecular weight excluding hydrogens is 876 g/mol. The Kier molecular flexibility index (Phi) is 15.9. The van der Waals surface area contributed by atoms with Gasteiger partial charge in [0.15, 0.2) is 0 Å². The zero-order valence-electron chi connectivity index (χ0n) is 35.6. The lowest BCUT2D eigenvalue weighted by Gasteiger charge is -2.14. The van der Waals surface area contributed by atoms with E-state index in [-0.39, 0.29) is 24.0 Å². The second-order valence-corrected chi connectivity index (χ2v) is 14.7. The monoisotopic (exact) mass is 926 g/mol. The van der Waals surface area contributed by atoms with E-state index in [2.05, 4.69) is 112 Å². The molecule has 8 nitrogen and oxygen atoms in total.